The first-order valence-electron chi connectivity index (χ1n) is 5.94. The predicted octanol–water partition coefficient (Wildman–Crippen LogP) is 2.26. The van der Waals surface area contributed by atoms with Crippen LogP contribution in [0.2, 0.25) is 0 Å². The van der Waals surface area contributed by atoms with E-state index in [2.05, 4.69) is 5.32 Å². The Morgan fingerprint density at radius 2 is 1.88 bits per heavy atom. The number of para-hydroxylation sites is 1. The van der Waals surface area contributed by atoms with Gasteiger partial charge in [0.1, 0.15) is 12.4 Å². The molecule has 0 spiro atoms. The van der Waals surface area contributed by atoms with E-state index in [1.807, 2.05) is 30.3 Å². The van der Waals surface area contributed by atoms with Gasteiger partial charge in [0.05, 0.1) is 0 Å². The summed E-state index contributed by atoms with van der Waals surface area (Å²) in [7, 11) is 0. The first-order valence-corrected chi connectivity index (χ1v) is 5.94. The summed E-state index contributed by atoms with van der Waals surface area (Å²) >= 11 is 0. The second kappa shape index (κ2) is 8.34. The van der Waals surface area contributed by atoms with Crippen LogP contribution in [0.25, 0.3) is 0 Å². The summed E-state index contributed by atoms with van der Waals surface area (Å²) < 4.78 is 10.9. The fraction of sp³-hybridized carbons (Fsp3) is 0.538. The van der Waals surface area contributed by atoms with E-state index < -0.39 is 0 Å². The van der Waals surface area contributed by atoms with E-state index >= 15 is 0 Å². The van der Waals surface area contributed by atoms with Crippen molar-refractivity contribution in [3.63, 3.8) is 0 Å². The molecule has 0 amide bonds. The van der Waals surface area contributed by atoms with Crippen molar-refractivity contribution in [1.82, 2.24) is 5.32 Å². The van der Waals surface area contributed by atoms with Crippen molar-refractivity contribution in [1.29, 1.82) is 0 Å². The maximum Gasteiger partial charge on any atom is 0.119 e. The normalized spacial score (nSPS) is 16.2. The lowest BCUT2D eigenvalue weighted by molar-refractivity contribution is 0.0770. The van der Waals surface area contributed by atoms with Crippen molar-refractivity contribution in [2.24, 2.45) is 0 Å². The van der Waals surface area contributed by atoms with Crippen LogP contribution in [0.5, 0.6) is 5.75 Å². The Morgan fingerprint density at radius 1 is 1.18 bits per heavy atom. The lowest BCUT2D eigenvalue weighted by Crippen LogP contribution is -2.37. The Kier molecular flexibility index (Phi) is 7.01. The van der Waals surface area contributed by atoms with Crippen molar-refractivity contribution in [3.05, 3.63) is 30.3 Å². The summed E-state index contributed by atoms with van der Waals surface area (Å²) in [5.41, 5.74) is 0. The van der Waals surface area contributed by atoms with Gasteiger partial charge in [-0.3, -0.25) is 0 Å². The zero-order chi connectivity index (χ0) is 11.1. The van der Waals surface area contributed by atoms with Gasteiger partial charge in [-0.15, -0.1) is 12.4 Å². The molecule has 3 nitrogen and oxygen atoms in total. The van der Waals surface area contributed by atoms with Crippen LogP contribution in [0.15, 0.2) is 30.3 Å². The molecular weight excluding hydrogens is 238 g/mol. The van der Waals surface area contributed by atoms with E-state index in [0.29, 0.717) is 6.04 Å². The first-order chi connectivity index (χ1) is 7.95. The molecule has 1 saturated heterocycles. The number of hydrogen-bond acceptors (Lipinski definition) is 3. The number of nitrogens with one attached hydrogen (secondary N) is 1. The monoisotopic (exact) mass is 257 g/mol. The van der Waals surface area contributed by atoms with Gasteiger partial charge >= 0.3 is 0 Å². The summed E-state index contributed by atoms with van der Waals surface area (Å²) in [4.78, 5) is 0. The van der Waals surface area contributed by atoms with Gasteiger partial charge in [-0.05, 0) is 25.0 Å². The minimum absolute atomic E-state index is 0. The molecule has 0 bridgehead atoms. The predicted molar refractivity (Wildman–Crippen MR) is 71.0 cm³/mol. The van der Waals surface area contributed by atoms with Crippen LogP contribution in [-0.2, 0) is 4.74 Å². The van der Waals surface area contributed by atoms with Crippen LogP contribution in [-0.4, -0.2) is 32.4 Å². The Labute approximate surface area is 109 Å². The second-order valence-electron chi connectivity index (χ2n) is 4.00. The molecule has 96 valence electrons. The Morgan fingerprint density at radius 3 is 2.59 bits per heavy atom. The molecule has 17 heavy (non-hydrogen) atoms. The van der Waals surface area contributed by atoms with Crippen molar-refractivity contribution >= 4 is 12.4 Å². The van der Waals surface area contributed by atoms with Crippen LogP contribution in [0.1, 0.15) is 12.8 Å². The number of halogens is 1. The van der Waals surface area contributed by atoms with Gasteiger partial charge in [0, 0.05) is 25.8 Å². The van der Waals surface area contributed by atoms with Gasteiger partial charge in [-0.25, -0.2) is 0 Å². The number of benzene rings is 1. The van der Waals surface area contributed by atoms with E-state index in [4.69, 9.17) is 9.47 Å². The van der Waals surface area contributed by atoms with Gasteiger partial charge in [-0.2, -0.15) is 0 Å². The molecule has 1 aliphatic heterocycles. The lowest BCUT2D eigenvalue weighted by atomic mass is 10.1. The molecule has 0 unspecified atom stereocenters. The summed E-state index contributed by atoms with van der Waals surface area (Å²) in [5.74, 6) is 0.941. The van der Waals surface area contributed by atoms with Crippen molar-refractivity contribution in [2.75, 3.05) is 26.4 Å². The number of ether oxygens (including phenoxy) is 2. The Bertz CT molecular complexity index is 289. The van der Waals surface area contributed by atoms with Crippen molar-refractivity contribution < 1.29 is 9.47 Å². The largest absolute Gasteiger partial charge is 0.492 e. The van der Waals surface area contributed by atoms with Gasteiger partial charge < -0.3 is 14.8 Å². The van der Waals surface area contributed by atoms with Crippen LogP contribution in [0, 0.1) is 0 Å². The second-order valence-corrected chi connectivity index (χ2v) is 4.00. The van der Waals surface area contributed by atoms with Crippen LogP contribution >= 0.6 is 12.4 Å². The molecule has 0 aliphatic carbocycles. The van der Waals surface area contributed by atoms with Gasteiger partial charge in [0.25, 0.3) is 0 Å². The highest BCUT2D eigenvalue weighted by atomic mass is 35.5. The van der Waals surface area contributed by atoms with Crippen molar-refractivity contribution in [2.45, 2.75) is 18.9 Å². The average molecular weight is 258 g/mol. The summed E-state index contributed by atoms with van der Waals surface area (Å²) in [5, 5.41) is 3.49. The minimum atomic E-state index is 0. The molecule has 4 heteroatoms. The molecule has 0 aromatic heterocycles. The lowest BCUT2D eigenvalue weighted by Gasteiger charge is -2.23. The van der Waals surface area contributed by atoms with Crippen LogP contribution < -0.4 is 10.1 Å². The number of rotatable bonds is 5. The van der Waals surface area contributed by atoms with E-state index in [1.165, 1.54) is 0 Å². The molecule has 1 aromatic carbocycles. The minimum Gasteiger partial charge on any atom is -0.492 e. The summed E-state index contributed by atoms with van der Waals surface area (Å²) in [6.45, 7) is 3.40. The standard InChI is InChI=1S/C13H19NO2.ClH/c1-2-4-13(5-3-1)16-11-8-14-12-6-9-15-10-7-12;/h1-5,12,14H,6-11H2;1H. The molecule has 1 fully saturated rings. The van der Waals surface area contributed by atoms with Gasteiger partial charge in [0.15, 0.2) is 0 Å². The quantitative estimate of drug-likeness (QED) is 0.821. The Balaban J connectivity index is 0.00000144. The third kappa shape index (κ3) is 5.39. The molecule has 1 aliphatic rings. The topological polar surface area (TPSA) is 30.5 Å². The highest BCUT2D eigenvalue weighted by Crippen LogP contribution is 2.08. The number of hydrogen-bond donors (Lipinski definition) is 1. The van der Waals surface area contributed by atoms with E-state index in [0.717, 1.165) is 45.0 Å². The smallest absolute Gasteiger partial charge is 0.119 e. The molecule has 1 heterocycles. The highest BCUT2D eigenvalue weighted by Gasteiger charge is 2.11. The molecule has 0 saturated carbocycles. The highest BCUT2D eigenvalue weighted by molar-refractivity contribution is 5.85. The van der Waals surface area contributed by atoms with E-state index in [1.54, 1.807) is 0 Å². The zero-order valence-electron chi connectivity index (χ0n) is 9.93. The molecule has 2 rings (SSSR count). The van der Waals surface area contributed by atoms with E-state index in [-0.39, 0.29) is 12.4 Å². The van der Waals surface area contributed by atoms with Crippen LogP contribution in [0.3, 0.4) is 0 Å². The van der Waals surface area contributed by atoms with E-state index in [9.17, 15) is 0 Å². The van der Waals surface area contributed by atoms with Crippen molar-refractivity contribution in [3.8, 4) is 5.75 Å². The third-order valence-corrected chi connectivity index (χ3v) is 2.77. The molecular formula is C13H20ClNO2. The molecule has 1 aromatic rings. The maximum absolute atomic E-state index is 5.60. The summed E-state index contributed by atoms with van der Waals surface area (Å²) in [6, 6.07) is 10.5. The fourth-order valence-corrected chi connectivity index (χ4v) is 1.85. The average Bonchev–Trinajstić information content (AvgIpc) is 2.37. The van der Waals surface area contributed by atoms with Gasteiger partial charge in [-0.1, -0.05) is 18.2 Å². The fourth-order valence-electron chi connectivity index (χ4n) is 1.85. The molecule has 1 N–H and O–H groups in total. The van der Waals surface area contributed by atoms with Gasteiger partial charge in [0.2, 0.25) is 0 Å². The SMILES string of the molecule is Cl.c1ccc(OCCNC2CCOCC2)cc1. The van der Waals surface area contributed by atoms with Crippen LogP contribution in [0.4, 0.5) is 0 Å². The Hall–Kier alpha value is -0.770. The zero-order valence-corrected chi connectivity index (χ0v) is 10.7. The summed E-state index contributed by atoms with van der Waals surface area (Å²) in [6.07, 6.45) is 2.23. The third-order valence-electron chi connectivity index (χ3n) is 2.77. The maximum atomic E-state index is 5.60. The first kappa shape index (κ1) is 14.3. The molecule has 0 radical (unpaired) electrons. The molecule has 0 atom stereocenters.